The monoisotopic (exact) mass is 224 g/mol. The molecule has 0 radical (unpaired) electrons. The maximum Gasteiger partial charge on any atom is 0.151 e. The molecule has 0 amide bonds. The molecular weight excluding hydrogens is 208 g/mol. The van der Waals surface area contributed by atoms with Crippen molar-refractivity contribution in [1.82, 2.24) is 0 Å². The van der Waals surface area contributed by atoms with Crippen LogP contribution in [0.15, 0.2) is 0 Å². The summed E-state index contributed by atoms with van der Waals surface area (Å²) in [5.41, 5.74) is 0. The maximum atomic E-state index is 10.3. The Morgan fingerprint density at radius 1 is 1.20 bits per heavy atom. The van der Waals surface area contributed by atoms with Gasteiger partial charge in [0, 0.05) is 0 Å². The van der Waals surface area contributed by atoms with E-state index in [0.717, 1.165) is 0 Å². The van der Waals surface area contributed by atoms with E-state index in [4.69, 9.17) is 25.2 Å². The van der Waals surface area contributed by atoms with Gasteiger partial charge in [0.05, 0.1) is 19.8 Å². The molecule has 15 heavy (non-hydrogen) atoms. The number of aldehydes is 1. The molecule has 4 atom stereocenters. The van der Waals surface area contributed by atoms with Crippen LogP contribution in [0.1, 0.15) is 0 Å². The normalized spacial score (nSPS) is 19.3. The molecule has 0 heterocycles. The van der Waals surface area contributed by atoms with Gasteiger partial charge in [0.1, 0.15) is 24.4 Å². The molecule has 0 aliphatic carbocycles. The number of rotatable bonds is 8. The van der Waals surface area contributed by atoms with Gasteiger partial charge in [-0.25, -0.2) is 0 Å². The third kappa shape index (κ3) is 4.65. The molecule has 0 aromatic carbocycles. The lowest BCUT2D eigenvalue weighted by molar-refractivity contribution is -0.152. The molecule has 0 aliphatic rings. The molecule has 7 nitrogen and oxygen atoms in total. The number of ether oxygens (including phenoxy) is 1. The smallest absolute Gasteiger partial charge is 0.151 e. The van der Waals surface area contributed by atoms with E-state index >= 15 is 0 Å². The van der Waals surface area contributed by atoms with Gasteiger partial charge in [-0.05, 0) is 0 Å². The summed E-state index contributed by atoms with van der Waals surface area (Å²) in [6, 6.07) is 0. The summed E-state index contributed by atoms with van der Waals surface area (Å²) < 4.78 is 4.78. The van der Waals surface area contributed by atoms with Crippen molar-refractivity contribution in [2.75, 3.05) is 19.8 Å². The van der Waals surface area contributed by atoms with Crippen molar-refractivity contribution in [1.29, 1.82) is 0 Å². The molecule has 0 aromatic heterocycles. The summed E-state index contributed by atoms with van der Waals surface area (Å²) in [5, 5.41) is 44.6. The van der Waals surface area contributed by atoms with Gasteiger partial charge in [0.25, 0.3) is 0 Å². The molecule has 0 aromatic rings. The molecule has 0 saturated carbocycles. The number of hydrogen-bond donors (Lipinski definition) is 5. The van der Waals surface area contributed by atoms with Crippen molar-refractivity contribution < 1.29 is 35.1 Å². The van der Waals surface area contributed by atoms with Crippen LogP contribution >= 0.6 is 0 Å². The quantitative estimate of drug-likeness (QED) is 0.272. The van der Waals surface area contributed by atoms with Crippen LogP contribution in [0.5, 0.6) is 0 Å². The fourth-order valence-corrected chi connectivity index (χ4v) is 0.992. The van der Waals surface area contributed by atoms with E-state index in [1.165, 1.54) is 0 Å². The number of aliphatic hydroxyl groups excluding tert-OH is 5. The van der Waals surface area contributed by atoms with Gasteiger partial charge in [-0.2, -0.15) is 0 Å². The number of carbonyl (C=O) groups excluding carboxylic acids is 1. The van der Waals surface area contributed by atoms with Gasteiger partial charge in [-0.3, -0.25) is 0 Å². The SMILES string of the molecule is O=C[C@H](O)[C@@H](OCCO)[C@H](O)[C@H](O)CO. The molecule has 5 N–H and O–H groups in total. The van der Waals surface area contributed by atoms with Crippen LogP contribution in [-0.2, 0) is 9.53 Å². The first kappa shape index (κ1) is 14.4. The standard InChI is InChI=1S/C8H16O7/c9-1-2-15-8(6(13)4-11)7(14)5(12)3-10/h4-10,12-14H,1-3H2/t5-,6+,7-,8-/m1/s1. The van der Waals surface area contributed by atoms with Crippen LogP contribution in [0.25, 0.3) is 0 Å². The fraction of sp³-hybridized carbons (Fsp3) is 0.875. The summed E-state index contributed by atoms with van der Waals surface area (Å²) in [7, 11) is 0. The minimum atomic E-state index is -1.63. The Kier molecular flexibility index (Phi) is 7.39. The predicted molar refractivity (Wildman–Crippen MR) is 48.0 cm³/mol. The van der Waals surface area contributed by atoms with Gasteiger partial charge in [-0.1, -0.05) is 0 Å². The van der Waals surface area contributed by atoms with Crippen LogP contribution in [-0.4, -0.2) is 76.1 Å². The Balaban J connectivity index is 4.38. The average molecular weight is 224 g/mol. The molecule has 0 saturated heterocycles. The Bertz CT molecular complexity index is 174. The summed E-state index contributed by atoms with van der Waals surface area (Å²) in [5.74, 6) is 0. The van der Waals surface area contributed by atoms with Gasteiger partial charge in [0.2, 0.25) is 0 Å². The van der Waals surface area contributed by atoms with Crippen LogP contribution in [0, 0.1) is 0 Å². The first-order valence-electron chi connectivity index (χ1n) is 4.41. The highest BCUT2D eigenvalue weighted by Crippen LogP contribution is 2.08. The third-order valence-electron chi connectivity index (χ3n) is 1.80. The molecule has 0 aliphatic heterocycles. The Morgan fingerprint density at radius 3 is 2.20 bits per heavy atom. The van der Waals surface area contributed by atoms with E-state index in [1.54, 1.807) is 0 Å². The summed E-state index contributed by atoms with van der Waals surface area (Å²) in [6.07, 6.45) is -6.01. The van der Waals surface area contributed by atoms with Crippen molar-refractivity contribution in [2.24, 2.45) is 0 Å². The molecule has 0 fully saturated rings. The van der Waals surface area contributed by atoms with E-state index in [0.29, 0.717) is 0 Å². The summed E-state index contributed by atoms with van der Waals surface area (Å²) >= 11 is 0. The zero-order valence-corrected chi connectivity index (χ0v) is 8.06. The maximum absolute atomic E-state index is 10.3. The Labute approximate surface area is 86.5 Å². The highest BCUT2D eigenvalue weighted by atomic mass is 16.5. The average Bonchev–Trinajstić information content (AvgIpc) is 2.27. The second-order valence-electron chi connectivity index (χ2n) is 2.93. The van der Waals surface area contributed by atoms with E-state index < -0.39 is 31.0 Å². The van der Waals surface area contributed by atoms with E-state index in [-0.39, 0.29) is 19.5 Å². The minimum absolute atomic E-state index is 0.134. The molecule has 90 valence electrons. The number of carbonyl (C=O) groups is 1. The molecule has 0 spiro atoms. The van der Waals surface area contributed by atoms with Crippen molar-refractivity contribution in [2.45, 2.75) is 24.4 Å². The Morgan fingerprint density at radius 2 is 1.80 bits per heavy atom. The lowest BCUT2D eigenvalue weighted by Gasteiger charge is -2.27. The number of hydrogen-bond acceptors (Lipinski definition) is 7. The van der Waals surface area contributed by atoms with Gasteiger partial charge in [-0.15, -0.1) is 0 Å². The van der Waals surface area contributed by atoms with Crippen LogP contribution < -0.4 is 0 Å². The van der Waals surface area contributed by atoms with Crippen molar-refractivity contribution >= 4 is 6.29 Å². The molecule has 0 unspecified atom stereocenters. The molecule has 0 bridgehead atoms. The van der Waals surface area contributed by atoms with Crippen molar-refractivity contribution in [3.63, 3.8) is 0 Å². The van der Waals surface area contributed by atoms with Gasteiger partial charge < -0.3 is 35.1 Å². The largest absolute Gasteiger partial charge is 0.394 e. The predicted octanol–water partition coefficient (Wildman–Crippen LogP) is -3.36. The summed E-state index contributed by atoms with van der Waals surface area (Å²) in [6.45, 7) is -1.29. The summed E-state index contributed by atoms with van der Waals surface area (Å²) in [4.78, 5) is 10.3. The van der Waals surface area contributed by atoms with Crippen molar-refractivity contribution in [3.05, 3.63) is 0 Å². The van der Waals surface area contributed by atoms with Crippen LogP contribution in [0.3, 0.4) is 0 Å². The number of aliphatic hydroxyl groups is 5. The second kappa shape index (κ2) is 7.69. The van der Waals surface area contributed by atoms with Gasteiger partial charge >= 0.3 is 0 Å². The van der Waals surface area contributed by atoms with E-state index in [9.17, 15) is 9.90 Å². The lowest BCUT2D eigenvalue weighted by atomic mass is 10.0. The van der Waals surface area contributed by atoms with Gasteiger partial charge in [0.15, 0.2) is 6.29 Å². The van der Waals surface area contributed by atoms with Crippen LogP contribution in [0.2, 0.25) is 0 Å². The highest BCUT2D eigenvalue weighted by Gasteiger charge is 2.32. The Hall–Kier alpha value is -0.570. The topological polar surface area (TPSA) is 127 Å². The van der Waals surface area contributed by atoms with Crippen molar-refractivity contribution in [3.8, 4) is 0 Å². The van der Waals surface area contributed by atoms with Crippen LogP contribution in [0.4, 0.5) is 0 Å². The van der Waals surface area contributed by atoms with E-state index in [1.807, 2.05) is 0 Å². The molecule has 7 heteroatoms. The molecule has 0 rings (SSSR count). The first-order chi connectivity index (χ1) is 7.08. The fourth-order valence-electron chi connectivity index (χ4n) is 0.992. The first-order valence-corrected chi connectivity index (χ1v) is 4.41. The lowest BCUT2D eigenvalue weighted by Crippen LogP contribution is -2.48. The zero-order valence-electron chi connectivity index (χ0n) is 8.06. The zero-order chi connectivity index (χ0) is 11.8. The highest BCUT2D eigenvalue weighted by molar-refractivity contribution is 5.56. The molecular formula is C8H16O7. The minimum Gasteiger partial charge on any atom is -0.394 e. The third-order valence-corrected chi connectivity index (χ3v) is 1.80. The second-order valence-corrected chi connectivity index (χ2v) is 2.93. The van der Waals surface area contributed by atoms with E-state index in [2.05, 4.69) is 0 Å².